The van der Waals surface area contributed by atoms with Crippen LogP contribution in [0, 0.1) is 10.1 Å². The molecule has 1 heterocycles. The van der Waals surface area contributed by atoms with Crippen LogP contribution in [-0.2, 0) is 17.8 Å². The van der Waals surface area contributed by atoms with Crippen LogP contribution < -0.4 is 5.32 Å². The zero-order valence-corrected chi connectivity index (χ0v) is 18.5. The summed E-state index contributed by atoms with van der Waals surface area (Å²) >= 11 is 0. The molecule has 8 nitrogen and oxygen atoms in total. The van der Waals surface area contributed by atoms with Crippen LogP contribution in [0.25, 0.3) is 0 Å². The van der Waals surface area contributed by atoms with Gasteiger partial charge in [-0.15, -0.1) is 24.0 Å². The van der Waals surface area contributed by atoms with E-state index in [0.717, 1.165) is 30.2 Å². The van der Waals surface area contributed by atoms with E-state index in [1.165, 1.54) is 12.1 Å². The molecule has 1 aromatic carbocycles. The molecule has 28 heavy (non-hydrogen) atoms. The Balaban J connectivity index is 0.00000392. The third-order valence-electron chi connectivity index (χ3n) is 3.85. The second-order valence-electron chi connectivity index (χ2n) is 5.98. The fraction of sp³-hybridized carbons (Fsp3) is 0.421. The Morgan fingerprint density at radius 3 is 2.68 bits per heavy atom. The highest BCUT2D eigenvalue weighted by Gasteiger charge is 2.09. The number of hydrogen-bond acceptors (Lipinski definition) is 5. The number of nitro benzene ring substituents is 1. The van der Waals surface area contributed by atoms with Gasteiger partial charge < -0.3 is 19.4 Å². The van der Waals surface area contributed by atoms with Crippen LogP contribution in [0.5, 0.6) is 0 Å². The zero-order chi connectivity index (χ0) is 19.5. The maximum absolute atomic E-state index is 10.8. The van der Waals surface area contributed by atoms with Crippen molar-refractivity contribution in [2.75, 3.05) is 26.8 Å². The first-order chi connectivity index (χ1) is 13.1. The van der Waals surface area contributed by atoms with Crippen LogP contribution in [0.3, 0.4) is 0 Å². The van der Waals surface area contributed by atoms with E-state index >= 15 is 0 Å². The zero-order valence-electron chi connectivity index (χ0n) is 16.2. The molecule has 0 atom stereocenters. The number of hydrogen-bond donors (Lipinski definition) is 1. The van der Waals surface area contributed by atoms with Crippen molar-refractivity contribution in [2.45, 2.75) is 26.4 Å². The molecule has 0 aliphatic carbocycles. The van der Waals surface area contributed by atoms with Crippen molar-refractivity contribution in [1.82, 2.24) is 10.2 Å². The Morgan fingerprint density at radius 2 is 2.07 bits per heavy atom. The fourth-order valence-corrected chi connectivity index (χ4v) is 2.43. The number of halogens is 1. The monoisotopic (exact) mass is 502 g/mol. The first-order valence-electron chi connectivity index (χ1n) is 8.93. The number of benzene rings is 1. The van der Waals surface area contributed by atoms with Gasteiger partial charge in [-0.3, -0.25) is 10.1 Å². The highest BCUT2D eigenvalue weighted by Crippen LogP contribution is 2.13. The summed E-state index contributed by atoms with van der Waals surface area (Å²) in [6, 6.07) is 10.2. The maximum Gasteiger partial charge on any atom is 0.269 e. The minimum absolute atomic E-state index is 0. The van der Waals surface area contributed by atoms with E-state index in [9.17, 15) is 10.1 Å². The molecular formula is C19H27IN4O4. The van der Waals surface area contributed by atoms with E-state index in [1.807, 2.05) is 31.0 Å². The lowest BCUT2D eigenvalue weighted by Crippen LogP contribution is -2.39. The molecule has 0 bridgehead atoms. The molecule has 0 radical (unpaired) electrons. The van der Waals surface area contributed by atoms with Crippen molar-refractivity contribution in [3.05, 3.63) is 64.1 Å². The van der Waals surface area contributed by atoms with E-state index < -0.39 is 4.92 Å². The average Bonchev–Trinajstić information content (AvgIpc) is 3.17. The molecule has 0 spiro atoms. The lowest BCUT2D eigenvalue weighted by atomic mass is 10.2. The van der Waals surface area contributed by atoms with E-state index in [-0.39, 0.29) is 29.7 Å². The number of furan rings is 1. The second kappa shape index (κ2) is 13.1. The van der Waals surface area contributed by atoms with E-state index in [4.69, 9.17) is 9.15 Å². The standard InChI is InChI=1S/C19H26N4O4.HI/c1-3-26-12-5-11-20-19(22(2)15-18-6-4-13-27-18)21-14-16-7-9-17(10-8-16)23(24)25;/h4,6-10,13H,3,5,11-12,14-15H2,1-2H3,(H,20,21);1H. The van der Waals surface area contributed by atoms with E-state index in [2.05, 4.69) is 10.3 Å². The Hall–Kier alpha value is -2.14. The summed E-state index contributed by atoms with van der Waals surface area (Å²) in [7, 11) is 1.94. The summed E-state index contributed by atoms with van der Waals surface area (Å²) in [5.41, 5.74) is 0.979. The van der Waals surface area contributed by atoms with Crippen LogP contribution in [0.15, 0.2) is 52.1 Å². The van der Waals surface area contributed by atoms with Gasteiger partial charge in [-0.1, -0.05) is 12.1 Å². The Kier molecular flexibility index (Phi) is 11.2. The molecule has 2 aromatic rings. The molecule has 0 aliphatic heterocycles. The van der Waals surface area contributed by atoms with Crippen molar-refractivity contribution in [2.24, 2.45) is 4.99 Å². The quantitative estimate of drug-likeness (QED) is 0.133. The van der Waals surface area contributed by atoms with Crippen molar-refractivity contribution < 1.29 is 14.1 Å². The smallest absolute Gasteiger partial charge is 0.269 e. The van der Waals surface area contributed by atoms with Gasteiger partial charge in [0.2, 0.25) is 0 Å². The van der Waals surface area contributed by atoms with Gasteiger partial charge in [-0.25, -0.2) is 4.99 Å². The molecule has 0 saturated heterocycles. The summed E-state index contributed by atoms with van der Waals surface area (Å²) < 4.78 is 10.8. The van der Waals surface area contributed by atoms with Gasteiger partial charge in [0.15, 0.2) is 5.96 Å². The Morgan fingerprint density at radius 1 is 1.32 bits per heavy atom. The third kappa shape index (κ3) is 8.26. The van der Waals surface area contributed by atoms with Gasteiger partial charge in [0.25, 0.3) is 5.69 Å². The summed E-state index contributed by atoms with van der Waals surface area (Å²) in [6.45, 7) is 5.13. The SMILES string of the molecule is CCOCCCNC(=NCc1ccc([N+](=O)[O-])cc1)N(C)Cc1ccco1.I. The molecule has 1 N–H and O–H groups in total. The van der Waals surface area contributed by atoms with Crippen molar-refractivity contribution in [3.8, 4) is 0 Å². The van der Waals surface area contributed by atoms with Crippen molar-refractivity contribution in [3.63, 3.8) is 0 Å². The molecular weight excluding hydrogens is 475 g/mol. The number of non-ortho nitro benzene ring substituents is 1. The molecule has 1 aromatic heterocycles. The fourth-order valence-electron chi connectivity index (χ4n) is 2.43. The second-order valence-corrected chi connectivity index (χ2v) is 5.98. The molecule has 0 aliphatic rings. The first kappa shape index (κ1) is 23.9. The van der Waals surface area contributed by atoms with Crippen molar-refractivity contribution in [1.29, 1.82) is 0 Å². The van der Waals surface area contributed by atoms with Gasteiger partial charge in [0.1, 0.15) is 5.76 Å². The van der Waals surface area contributed by atoms with Gasteiger partial charge in [-0.2, -0.15) is 0 Å². The van der Waals surface area contributed by atoms with Crippen LogP contribution in [0.1, 0.15) is 24.7 Å². The van der Waals surface area contributed by atoms with Gasteiger partial charge in [0.05, 0.1) is 24.3 Å². The van der Waals surface area contributed by atoms with Gasteiger partial charge in [-0.05, 0) is 31.0 Å². The lowest BCUT2D eigenvalue weighted by molar-refractivity contribution is -0.384. The lowest BCUT2D eigenvalue weighted by Gasteiger charge is -2.21. The number of nitrogens with one attached hydrogen (secondary N) is 1. The minimum Gasteiger partial charge on any atom is -0.467 e. The number of ether oxygens (including phenoxy) is 1. The number of nitro groups is 1. The number of guanidine groups is 1. The van der Waals surface area contributed by atoms with Crippen LogP contribution >= 0.6 is 24.0 Å². The molecule has 154 valence electrons. The van der Waals surface area contributed by atoms with Crippen LogP contribution in [0.4, 0.5) is 5.69 Å². The highest BCUT2D eigenvalue weighted by atomic mass is 127. The Bertz CT molecular complexity index is 720. The van der Waals surface area contributed by atoms with E-state index in [0.29, 0.717) is 26.3 Å². The van der Waals surface area contributed by atoms with E-state index in [1.54, 1.807) is 18.4 Å². The largest absolute Gasteiger partial charge is 0.467 e. The molecule has 9 heteroatoms. The van der Waals surface area contributed by atoms with Crippen molar-refractivity contribution >= 4 is 35.6 Å². The third-order valence-corrected chi connectivity index (χ3v) is 3.85. The summed E-state index contributed by atoms with van der Waals surface area (Å²) in [5.74, 6) is 1.58. The van der Waals surface area contributed by atoms with Gasteiger partial charge >= 0.3 is 0 Å². The predicted octanol–water partition coefficient (Wildman–Crippen LogP) is 3.81. The van der Waals surface area contributed by atoms with Crippen LogP contribution in [-0.4, -0.2) is 42.6 Å². The molecule has 0 saturated carbocycles. The summed E-state index contributed by atoms with van der Waals surface area (Å²) in [4.78, 5) is 17.0. The maximum atomic E-state index is 10.8. The number of nitrogens with zero attached hydrogens (tertiary/aromatic N) is 3. The normalized spacial score (nSPS) is 11.0. The first-order valence-corrected chi connectivity index (χ1v) is 8.93. The molecule has 0 unspecified atom stereocenters. The number of aliphatic imine (C=N–C) groups is 1. The van der Waals surface area contributed by atoms with Gasteiger partial charge in [0, 0.05) is 38.9 Å². The minimum atomic E-state index is -0.407. The highest BCUT2D eigenvalue weighted by molar-refractivity contribution is 14.0. The summed E-state index contributed by atoms with van der Waals surface area (Å²) in [5, 5.41) is 14.1. The van der Waals surface area contributed by atoms with Crippen LogP contribution in [0.2, 0.25) is 0 Å². The topological polar surface area (TPSA) is 93.1 Å². The Labute approximate surface area is 182 Å². The number of rotatable bonds is 10. The molecule has 0 amide bonds. The average molecular weight is 502 g/mol. The summed E-state index contributed by atoms with van der Waals surface area (Å²) in [6.07, 6.45) is 2.52. The molecule has 0 fully saturated rings. The molecule has 2 rings (SSSR count). The predicted molar refractivity (Wildman–Crippen MR) is 119 cm³/mol.